The van der Waals surface area contributed by atoms with Gasteiger partial charge in [-0.2, -0.15) is 5.10 Å². The van der Waals surface area contributed by atoms with Crippen LogP contribution in [0.15, 0.2) is 36.7 Å². The van der Waals surface area contributed by atoms with Crippen molar-refractivity contribution >= 4 is 17.5 Å². The number of rotatable bonds is 3. The van der Waals surface area contributed by atoms with Gasteiger partial charge in [0.2, 0.25) is 0 Å². The van der Waals surface area contributed by atoms with Crippen LogP contribution in [-0.4, -0.2) is 53.2 Å². The molecule has 0 radical (unpaired) electrons. The lowest BCUT2D eigenvalue weighted by Crippen LogP contribution is -2.41. The zero-order chi connectivity index (χ0) is 17.2. The summed E-state index contributed by atoms with van der Waals surface area (Å²) in [5, 5.41) is 4.97. The number of benzene rings is 1. The fourth-order valence-corrected chi connectivity index (χ4v) is 3.50. The van der Waals surface area contributed by atoms with E-state index in [4.69, 9.17) is 21.1 Å². The Morgan fingerprint density at radius 1 is 1.12 bits per heavy atom. The molecule has 6 nitrogen and oxygen atoms in total. The van der Waals surface area contributed by atoms with Crippen LogP contribution in [0.25, 0.3) is 5.69 Å². The molecule has 4 rings (SSSR count). The molecule has 0 unspecified atom stereocenters. The molecule has 0 spiro atoms. The minimum atomic E-state index is -0.0927. The Labute approximate surface area is 151 Å². The lowest BCUT2D eigenvalue weighted by atomic mass is 9.96. The summed E-state index contributed by atoms with van der Waals surface area (Å²) >= 11 is 5.91. The van der Waals surface area contributed by atoms with E-state index < -0.39 is 0 Å². The molecule has 2 aromatic rings. The van der Waals surface area contributed by atoms with Gasteiger partial charge in [-0.1, -0.05) is 11.6 Å². The number of halogens is 1. The molecule has 2 fully saturated rings. The van der Waals surface area contributed by atoms with Gasteiger partial charge in [0.1, 0.15) is 0 Å². The van der Waals surface area contributed by atoms with Crippen LogP contribution in [0.5, 0.6) is 0 Å². The first-order valence-corrected chi connectivity index (χ1v) is 8.91. The van der Waals surface area contributed by atoms with E-state index >= 15 is 0 Å². The number of hydrogen-bond donors (Lipinski definition) is 0. The second-order valence-corrected chi connectivity index (χ2v) is 6.83. The molecule has 0 aliphatic carbocycles. The molecule has 0 N–H and O–H groups in total. The molecular formula is C18H20ClN3O3. The molecular weight excluding hydrogens is 342 g/mol. The number of carbonyl (C=O) groups excluding carboxylic acids is 1. The first kappa shape index (κ1) is 16.6. The Kier molecular flexibility index (Phi) is 4.74. The van der Waals surface area contributed by atoms with Gasteiger partial charge in [0.15, 0.2) is 6.29 Å². The van der Waals surface area contributed by atoms with Gasteiger partial charge in [-0.15, -0.1) is 0 Å². The van der Waals surface area contributed by atoms with Crippen molar-refractivity contribution in [1.82, 2.24) is 14.7 Å². The van der Waals surface area contributed by atoms with E-state index in [1.165, 1.54) is 0 Å². The first-order chi connectivity index (χ1) is 12.2. The minimum Gasteiger partial charge on any atom is -0.350 e. The lowest BCUT2D eigenvalue weighted by molar-refractivity contribution is -0.0956. The summed E-state index contributed by atoms with van der Waals surface area (Å²) in [5.74, 6) is 0.398. The van der Waals surface area contributed by atoms with Gasteiger partial charge in [-0.3, -0.25) is 4.79 Å². The van der Waals surface area contributed by atoms with E-state index in [0.29, 0.717) is 29.7 Å². The van der Waals surface area contributed by atoms with Crippen molar-refractivity contribution in [1.29, 1.82) is 0 Å². The maximum absolute atomic E-state index is 12.7. The second-order valence-electron chi connectivity index (χ2n) is 6.39. The monoisotopic (exact) mass is 361 g/mol. The molecule has 7 heteroatoms. The summed E-state index contributed by atoms with van der Waals surface area (Å²) in [5.41, 5.74) is 1.47. The maximum atomic E-state index is 12.7. The molecule has 0 atom stereocenters. The van der Waals surface area contributed by atoms with Crippen LogP contribution in [-0.2, 0) is 9.47 Å². The minimum absolute atomic E-state index is 0.0203. The van der Waals surface area contributed by atoms with Gasteiger partial charge in [0.25, 0.3) is 5.91 Å². The zero-order valence-electron chi connectivity index (χ0n) is 13.8. The Morgan fingerprint density at radius 2 is 1.80 bits per heavy atom. The highest BCUT2D eigenvalue weighted by Gasteiger charge is 2.32. The number of aromatic nitrogens is 2. The van der Waals surface area contributed by atoms with Crippen LogP contribution in [0, 0.1) is 5.92 Å². The third kappa shape index (κ3) is 3.56. The molecule has 132 valence electrons. The van der Waals surface area contributed by atoms with E-state index in [2.05, 4.69) is 5.10 Å². The summed E-state index contributed by atoms with van der Waals surface area (Å²) < 4.78 is 12.9. The largest absolute Gasteiger partial charge is 0.350 e. The van der Waals surface area contributed by atoms with Gasteiger partial charge in [-0.05, 0) is 37.1 Å². The third-order valence-corrected chi connectivity index (χ3v) is 5.03. The number of hydrogen-bond acceptors (Lipinski definition) is 4. The highest BCUT2D eigenvalue weighted by Crippen LogP contribution is 2.26. The van der Waals surface area contributed by atoms with Crippen LogP contribution in [0.1, 0.15) is 23.2 Å². The van der Waals surface area contributed by atoms with Gasteiger partial charge in [0.05, 0.1) is 30.7 Å². The van der Waals surface area contributed by atoms with E-state index in [0.717, 1.165) is 31.6 Å². The van der Waals surface area contributed by atoms with E-state index in [-0.39, 0.29) is 12.2 Å². The fourth-order valence-electron chi connectivity index (χ4n) is 3.37. The van der Waals surface area contributed by atoms with Crippen LogP contribution in [0.4, 0.5) is 0 Å². The zero-order valence-corrected chi connectivity index (χ0v) is 14.6. The van der Waals surface area contributed by atoms with Gasteiger partial charge in [-0.25, -0.2) is 4.68 Å². The second kappa shape index (κ2) is 7.15. The molecule has 1 aromatic heterocycles. The predicted octanol–water partition coefficient (Wildman–Crippen LogP) is 2.75. The molecule has 0 saturated carbocycles. The average molecular weight is 362 g/mol. The number of likely N-dealkylation sites (tertiary alicyclic amines) is 1. The maximum Gasteiger partial charge on any atom is 0.257 e. The summed E-state index contributed by atoms with van der Waals surface area (Å²) in [4.78, 5) is 14.6. The average Bonchev–Trinajstić information content (AvgIpc) is 3.34. The summed E-state index contributed by atoms with van der Waals surface area (Å²) in [6.45, 7) is 2.79. The topological polar surface area (TPSA) is 56.6 Å². The molecule has 2 saturated heterocycles. The fraction of sp³-hybridized carbons (Fsp3) is 0.444. The van der Waals surface area contributed by atoms with E-state index in [9.17, 15) is 4.79 Å². The van der Waals surface area contributed by atoms with Crippen molar-refractivity contribution in [2.45, 2.75) is 19.1 Å². The number of ether oxygens (including phenoxy) is 2. The standard InChI is InChI=1S/C18H20ClN3O3/c19-15-1-3-16(4-2-15)22-12-14(11-20-22)17(23)21-7-5-13(6-8-21)18-24-9-10-25-18/h1-4,11-13,18H,5-10H2. The first-order valence-electron chi connectivity index (χ1n) is 8.54. The summed E-state index contributed by atoms with van der Waals surface area (Å²) in [6.07, 6.45) is 5.10. The van der Waals surface area contributed by atoms with Crippen molar-refractivity contribution < 1.29 is 14.3 Å². The van der Waals surface area contributed by atoms with Crippen molar-refractivity contribution in [2.24, 2.45) is 5.92 Å². The van der Waals surface area contributed by atoms with E-state index in [1.807, 2.05) is 17.0 Å². The number of carbonyl (C=O) groups is 1. The molecule has 0 bridgehead atoms. The third-order valence-electron chi connectivity index (χ3n) is 4.78. The summed E-state index contributed by atoms with van der Waals surface area (Å²) in [6, 6.07) is 7.35. The number of piperidine rings is 1. The Bertz CT molecular complexity index is 732. The highest BCUT2D eigenvalue weighted by atomic mass is 35.5. The lowest BCUT2D eigenvalue weighted by Gasteiger charge is -2.33. The Balaban J connectivity index is 1.39. The normalized spacial score (nSPS) is 19.5. The van der Waals surface area contributed by atoms with Crippen LogP contribution < -0.4 is 0 Å². The molecule has 2 aliphatic heterocycles. The van der Waals surface area contributed by atoms with Gasteiger partial charge >= 0.3 is 0 Å². The molecule has 1 aromatic carbocycles. The number of nitrogens with zero attached hydrogens (tertiary/aromatic N) is 3. The Morgan fingerprint density at radius 3 is 2.48 bits per heavy atom. The van der Waals surface area contributed by atoms with Crippen molar-refractivity contribution in [3.05, 3.63) is 47.2 Å². The molecule has 25 heavy (non-hydrogen) atoms. The van der Waals surface area contributed by atoms with Crippen molar-refractivity contribution in [2.75, 3.05) is 26.3 Å². The summed E-state index contributed by atoms with van der Waals surface area (Å²) in [7, 11) is 0. The SMILES string of the molecule is O=C(c1cnn(-c2ccc(Cl)cc2)c1)N1CCC(C2OCCO2)CC1. The smallest absolute Gasteiger partial charge is 0.257 e. The quantitative estimate of drug-likeness (QED) is 0.843. The van der Waals surface area contributed by atoms with Crippen molar-refractivity contribution in [3.8, 4) is 5.69 Å². The molecule has 2 aliphatic rings. The molecule has 3 heterocycles. The van der Waals surface area contributed by atoms with Crippen LogP contribution in [0.2, 0.25) is 5.02 Å². The highest BCUT2D eigenvalue weighted by molar-refractivity contribution is 6.30. The van der Waals surface area contributed by atoms with Crippen LogP contribution >= 0.6 is 11.6 Å². The number of amides is 1. The predicted molar refractivity (Wildman–Crippen MR) is 92.9 cm³/mol. The van der Waals surface area contributed by atoms with E-state index in [1.54, 1.807) is 29.2 Å². The Hall–Kier alpha value is -1.89. The van der Waals surface area contributed by atoms with Crippen molar-refractivity contribution in [3.63, 3.8) is 0 Å². The molecule has 1 amide bonds. The van der Waals surface area contributed by atoms with Gasteiger partial charge < -0.3 is 14.4 Å². The van der Waals surface area contributed by atoms with Gasteiger partial charge in [0, 0.05) is 30.2 Å². The van der Waals surface area contributed by atoms with Crippen LogP contribution in [0.3, 0.4) is 0 Å².